The predicted molar refractivity (Wildman–Crippen MR) is 118 cm³/mol. The molecule has 0 spiro atoms. The van der Waals surface area contributed by atoms with Gasteiger partial charge >= 0.3 is 0 Å². The van der Waals surface area contributed by atoms with E-state index >= 15 is 0 Å². The molecule has 0 aliphatic carbocycles. The molecule has 0 saturated heterocycles. The van der Waals surface area contributed by atoms with E-state index in [9.17, 15) is 13.2 Å². The summed E-state index contributed by atoms with van der Waals surface area (Å²) in [4.78, 5) is 17.4. The third-order valence-electron chi connectivity index (χ3n) is 4.75. The maximum atomic E-state index is 12.6. The van der Waals surface area contributed by atoms with Crippen molar-refractivity contribution in [1.82, 2.24) is 9.29 Å². The minimum absolute atomic E-state index is 0.180. The second-order valence-corrected chi connectivity index (χ2v) is 9.90. The Morgan fingerprint density at radius 3 is 2.34 bits per heavy atom. The normalized spacial score (nSPS) is 12.1. The predicted octanol–water partition coefficient (Wildman–Crippen LogP) is 4.70. The molecule has 8 heteroatoms. The van der Waals surface area contributed by atoms with Crippen LogP contribution in [0.25, 0.3) is 10.2 Å². The molecule has 0 aliphatic heterocycles. The van der Waals surface area contributed by atoms with E-state index < -0.39 is 10.0 Å². The quantitative estimate of drug-likeness (QED) is 0.588. The van der Waals surface area contributed by atoms with Crippen molar-refractivity contribution in [3.63, 3.8) is 0 Å². The highest BCUT2D eigenvalue weighted by Gasteiger charge is 2.22. The average molecular weight is 432 g/mol. The Morgan fingerprint density at radius 1 is 1.10 bits per heavy atom. The molecule has 2 aromatic carbocycles. The van der Waals surface area contributed by atoms with E-state index in [1.165, 1.54) is 39.9 Å². The molecule has 0 aliphatic rings. The summed E-state index contributed by atoms with van der Waals surface area (Å²) in [5.74, 6) is 0.0200. The highest BCUT2D eigenvalue weighted by Crippen LogP contribution is 2.31. The fourth-order valence-corrected chi connectivity index (χ4v) is 5.50. The molecule has 6 nitrogen and oxygen atoms in total. The number of carbonyl (C=O) groups is 1. The number of thiazole rings is 1. The molecule has 0 unspecified atom stereocenters. The lowest BCUT2D eigenvalue weighted by molar-refractivity contribution is 0.102. The molecule has 1 amide bonds. The van der Waals surface area contributed by atoms with Gasteiger partial charge in [0.15, 0.2) is 5.13 Å². The number of amides is 1. The number of nitrogens with zero attached hydrogens (tertiary/aromatic N) is 2. The first-order chi connectivity index (χ1) is 13.8. The Balaban J connectivity index is 1.81. The number of aromatic nitrogens is 1. The molecule has 0 atom stereocenters. The van der Waals surface area contributed by atoms with Crippen LogP contribution < -0.4 is 5.32 Å². The lowest BCUT2D eigenvalue weighted by Gasteiger charge is -2.18. The fraction of sp³-hybridized carbons (Fsp3) is 0.333. The summed E-state index contributed by atoms with van der Waals surface area (Å²) < 4.78 is 27.5. The average Bonchev–Trinajstić information content (AvgIpc) is 3.10. The number of nitrogens with one attached hydrogen (secondary N) is 1. The Bertz CT molecular complexity index is 1120. The van der Waals surface area contributed by atoms with Gasteiger partial charge < -0.3 is 0 Å². The van der Waals surface area contributed by atoms with Gasteiger partial charge in [-0.15, -0.1) is 0 Å². The number of sulfonamides is 1. The molecule has 3 aromatic rings. The van der Waals surface area contributed by atoms with Gasteiger partial charge in [-0.25, -0.2) is 13.4 Å². The van der Waals surface area contributed by atoms with E-state index in [1.54, 1.807) is 13.8 Å². The molecule has 3 rings (SSSR count). The van der Waals surface area contributed by atoms with Gasteiger partial charge in [-0.3, -0.25) is 10.1 Å². The van der Waals surface area contributed by atoms with Crippen LogP contribution in [0.1, 0.15) is 49.5 Å². The SMILES string of the molecule is CCN(CC)S(=O)(=O)c1ccc(C(=O)Nc2nc3c(C(C)C)cccc3s2)cc1. The van der Waals surface area contributed by atoms with E-state index in [4.69, 9.17) is 0 Å². The summed E-state index contributed by atoms with van der Waals surface area (Å²) in [5, 5.41) is 3.35. The number of para-hydroxylation sites is 1. The zero-order valence-electron chi connectivity index (χ0n) is 17.0. The standard InChI is InChI=1S/C21H25N3O3S2/c1-5-24(6-2)29(26,27)16-12-10-15(11-13-16)20(25)23-21-22-19-17(14(3)4)8-7-9-18(19)28-21/h7-14H,5-6H2,1-4H3,(H,22,23,25). The van der Waals surface area contributed by atoms with Crippen molar-refractivity contribution in [2.24, 2.45) is 0 Å². The smallest absolute Gasteiger partial charge is 0.257 e. The van der Waals surface area contributed by atoms with Crippen molar-refractivity contribution in [1.29, 1.82) is 0 Å². The van der Waals surface area contributed by atoms with Gasteiger partial charge in [0.05, 0.1) is 15.1 Å². The molecular weight excluding hydrogens is 406 g/mol. The first-order valence-corrected chi connectivity index (χ1v) is 11.8. The van der Waals surface area contributed by atoms with Crippen molar-refractivity contribution in [3.05, 3.63) is 53.6 Å². The van der Waals surface area contributed by atoms with Crippen molar-refractivity contribution in [2.45, 2.75) is 38.5 Å². The second kappa shape index (κ2) is 8.61. The van der Waals surface area contributed by atoms with Crippen LogP contribution in [0, 0.1) is 0 Å². The fourth-order valence-electron chi connectivity index (χ4n) is 3.15. The Labute approximate surface area is 175 Å². The molecule has 1 N–H and O–H groups in total. The Morgan fingerprint density at radius 2 is 1.76 bits per heavy atom. The van der Waals surface area contributed by atoms with Crippen LogP contribution in [0.5, 0.6) is 0 Å². The topological polar surface area (TPSA) is 79.4 Å². The maximum Gasteiger partial charge on any atom is 0.257 e. The number of hydrogen-bond acceptors (Lipinski definition) is 5. The largest absolute Gasteiger partial charge is 0.298 e. The van der Waals surface area contributed by atoms with Crippen molar-refractivity contribution in [2.75, 3.05) is 18.4 Å². The summed E-state index contributed by atoms with van der Waals surface area (Å²) in [6, 6.07) is 12.0. The molecule has 1 heterocycles. The highest BCUT2D eigenvalue weighted by molar-refractivity contribution is 7.89. The number of hydrogen-bond donors (Lipinski definition) is 1. The van der Waals surface area contributed by atoms with Gasteiger partial charge in [0, 0.05) is 18.7 Å². The Kier molecular flexibility index (Phi) is 6.36. The first-order valence-electron chi connectivity index (χ1n) is 9.59. The number of benzene rings is 2. The second-order valence-electron chi connectivity index (χ2n) is 6.94. The van der Waals surface area contributed by atoms with Crippen LogP contribution in [0.15, 0.2) is 47.4 Å². The van der Waals surface area contributed by atoms with E-state index in [0.717, 1.165) is 15.8 Å². The van der Waals surface area contributed by atoms with E-state index in [1.807, 2.05) is 18.2 Å². The van der Waals surface area contributed by atoms with E-state index in [-0.39, 0.29) is 10.8 Å². The minimum atomic E-state index is -3.54. The number of fused-ring (bicyclic) bond motifs is 1. The zero-order chi connectivity index (χ0) is 21.2. The van der Waals surface area contributed by atoms with E-state index in [0.29, 0.717) is 29.7 Å². The molecule has 0 saturated carbocycles. The van der Waals surface area contributed by atoms with Crippen LogP contribution in [0.4, 0.5) is 5.13 Å². The molecule has 1 aromatic heterocycles. The van der Waals surface area contributed by atoms with Crippen molar-refractivity contribution >= 4 is 42.6 Å². The number of carbonyl (C=O) groups excluding carboxylic acids is 1. The lowest BCUT2D eigenvalue weighted by atomic mass is 10.0. The summed E-state index contributed by atoms with van der Waals surface area (Å²) in [7, 11) is -3.54. The molecule has 0 bridgehead atoms. The monoisotopic (exact) mass is 431 g/mol. The van der Waals surface area contributed by atoms with Crippen LogP contribution in [0.3, 0.4) is 0 Å². The number of rotatable bonds is 7. The maximum absolute atomic E-state index is 12.6. The summed E-state index contributed by atoms with van der Waals surface area (Å²) in [6.07, 6.45) is 0. The van der Waals surface area contributed by atoms with Gasteiger partial charge in [-0.2, -0.15) is 4.31 Å². The minimum Gasteiger partial charge on any atom is -0.298 e. The van der Waals surface area contributed by atoms with Crippen LogP contribution in [-0.4, -0.2) is 36.7 Å². The highest BCUT2D eigenvalue weighted by atomic mass is 32.2. The molecule has 0 radical (unpaired) electrons. The van der Waals surface area contributed by atoms with Gasteiger partial charge in [0.2, 0.25) is 10.0 Å². The van der Waals surface area contributed by atoms with E-state index in [2.05, 4.69) is 24.1 Å². The molecule has 0 fully saturated rings. The first kappa shape index (κ1) is 21.4. The number of anilines is 1. The van der Waals surface area contributed by atoms with Crippen molar-refractivity contribution < 1.29 is 13.2 Å². The van der Waals surface area contributed by atoms with Crippen LogP contribution in [0.2, 0.25) is 0 Å². The summed E-state index contributed by atoms with van der Waals surface area (Å²) in [5.41, 5.74) is 2.43. The summed E-state index contributed by atoms with van der Waals surface area (Å²) >= 11 is 1.42. The molecule has 154 valence electrons. The summed E-state index contributed by atoms with van der Waals surface area (Å²) in [6.45, 7) is 8.62. The van der Waals surface area contributed by atoms with Crippen LogP contribution >= 0.6 is 11.3 Å². The van der Waals surface area contributed by atoms with Crippen LogP contribution in [-0.2, 0) is 10.0 Å². The van der Waals surface area contributed by atoms with Crippen molar-refractivity contribution in [3.8, 4) is 0 Å². The molecule has 29 heavy (non-hydrogen) atoms. The molecular formula is C21H25N3O3S2. The third-order valence-corrected chi connectivity index (χ3v) is 7.75. The lowest BCUT2D eigenvalue weighted by Crippen LogP contribution is -2.30. The Hall–Kier alpha value is -2.29. The van der Waals surface area contributed by atoms with Gasteiger partial charge in [-0.1, -0.05) is 51.2 Å². The zero-order valence-corrected chi connectivity index (χ0v) is 18.6. The third kappa shape index (κ3) is 4.34. The van der Waals surface area contributed by atoms with Gasteiger partial charge in [-0.05, 0) is 41.8 Å². The van der Waals surface area contributed by atoms with Gasteiger partial charge in [0.25, 0.3) is 5.91 Å². The van der Waals surface area contributed by atoms with Gasteiger partial charge in [0.1, 0.15) is 0 Å².